The third-order valence-corrected chi connectivity index (χ3v) is 4.34. The molecule has 2 heteroatoms. The number of aliphatic hydroxyl groups is 1. The van der Waals surface area contributed by atoms with Crippen molar-refractivity contribution in [2.24, 2.45) is 5.92 Å². The van der Waals surface area contributed by atoms with E-state index < -0.39 is 6.10 Å². The van der Waals surface area contributed by atoms with E-state index in [0.717, 1.165) is 11.5 Å². The Balaban J connectivity index is 1.90. The van der Waals surface area contributed by atoms with E-state index >= 15 is 0 Å². The summed E-state index contributed by atoms with van der Waals surface area (Å²) in [5.74, 6) is 1.32. The van der Waals surface area contributed by atoms with E-state index in [0.29, 0.717) is 12.5 Å². The zero-order valence-electron chi connectivity index (χ0n) is 12.6. The first-order valence-corrected chi connectivity index (χ1v) is 7.43. The van der Waals surface area contributed by atoms with Gasteiger partial charge in [-0.1, -0.05) is 38.1 Å². The Morgan fingerprint density at radius 1 is 1.16 bits per heavy atom. The second-order valence-corrected chi connectivity index (χ2v) is 6.71. The molecule has 0 aliphatic heterocycles. The van der Waals surface area contributed by atoms with Crippen molar-refractivity contribution >= 4 is 0 Å². The van der Waals surface area contributed by atoms with Gasteiger partial charge < -0.3 is 10.4 Å². The van der Waals surface area contributed by atoms with E-state index in [1.165, 1.54) is 18.4 Å². The zero-order chi connectivity index (χ0) is 14.0. The van der Waals surface area contributed by atoms with Crippen LogP contribution in [-0.2, 0) is 0 Å². The van der Waals surface area contributed by atoms with Crippen LogP contribution >= 0.6 is 0 Å². The highest BCUT2D eigenvalue weighted by Gasteiger charge is 2.37. The highest BCUT2D eigenvalue weighted by atomic mass is 16.3. The molecule has 2 nitrogen and oxygen atoms in total. The van der Waals surface area contributed by atoms with Crippen LogP contribution in [-0.4, -0.2) is 17.2 Å². The monoisotopic (exact) mass is 261 g/mol. The molecule has 1 aliphatic carbocycles. The van der Waals surface area contributed by atoms with Crippen molar-refractivity contribution in [3.05, 3.63) is 35.4 Å². The standard InChI is InChI=1S/C17H27NO/c1-12(2)13-5-7-14(8-6-13)16(19)11-18-17(3,4)15-9-10-15/h5-8,12,15-16,18-19H,9-11H2,1-4H3. The molecule has 1 fully saturated rings. The van der Waals surface area contributed by atoms with Gasteiger partial charge in [-0.25, -0.2) is 0 Å². The van der Waals surface area contributed by atoms with Crippen molar-refractivity contribution in [3.63, 3.8) is 0 Å². The summed E-state index contributed by atoms with van der Waals surface area (Å²) in [6, 6.07) is 8.34. The van der Waals surface area contributed by atoms with E-state index in [2.05, 4.69) is 45.1 Å². The van der Waals surface area contributed by atoms with Gasteiger partial charge >= 0.3 is 0 Å². The summed E-state index contributed by atoms with van der Waals surface area (Å²) < 4.78 is 0. The van der Waals surface area contributed by atoms with Crippen molar-refractivity contribution in [1.29, 1.82) is 0 Å². The fourth-order valence-corrected chi connectivity index (χ4v) is 2.53. The van der Waals surface area contributed by atoms with Crippen LogP contribution in [0.4, 0.5) is 0 Å². The Kier molecular flexibility index (Phi) is 4.32. The average molecular weight is 261 g/mol. The van der Waals surface area contributed by atoms with Crippen molar-refractivity contribution < 1.29 is 5.11 Å². The Morgan fingerprint density at radius 3 is 2.16 bits per heavy atom. The third-order valence-electron chi connectivity index (χ3n) is 4.34. The lowest BCUT2D eigenvalue weighted by molar-refractivity contribution is 0.157. The molecule has 1 saturated carbocycles. The lowest BCUT2D eigenvalue weighted by Crippen LogP contribution is -2.43. The molecule has 0 spiro atoms. The SMILES string of the molecule is CC(C)c1ccc(C(O)CNC(C)(C)C2CC2)cc1. The Hall–Kier alpha value is -0.860. The number of aliphatic hydroxyl groups excluding tert-OH is 1. The molecule has 0 saturated heterocycles. The second kappa shape index (κ2) is 5.64. The summed E-state index contributed by atoms with van der Waals surface area (Å²) in [6.45, 7) is 9.47. The molecular formula is C17H27NO. The van der Waals surface area contributed by atoms with Crippen LogP contribution in [0.1, 0.15) is 63.7 Å². The summed E-state index contributed by atoms with van der Waals surface area (Å²) >= 11 is 0. The summed E-state index contributed by atoms with van der Waals surface area (Å²) in [5.41, 5.74) is 2.48. The van der Waals surface area contributed by atoms with Gasteiger partial charge in [0.05, 0.1) is 6.10 Å². The molecule has 1 aromatic rings. The molecule has 2 N–H and O–H groups in total. The fourth-order valence-electron chi connectivity index (χ4n) is 2.53. The first-order valence-electron chi connectivity index (χ1n) is 7.43. The summed E-state index contributed by atoms with van der Waals surface area (Å²) in [4.78, 5) is 0. The number of rotatable bonds is 6. The zero-order valence-corrected chi connectivity index (χ0v) is 12.6. The lowest BCUT2D eigenvalue weighted by Gasteiger charge is -2.28. The molecule has 1 aliphatic rings. The molecule has 106 valence electrons. The van der Waals surface area contributed by atoms with Crippen LogP contribution in [0.3, 0.4) is 0 Å². The summed E-state index contributed by atoms with van der Waals surface area (Å²) in [5, 5.41) is 13.8. The topological polar surface area (TPSA) is 32.3 Å². The highest BCUT2D eigenvalue weighted by Crippen LogP contribution is 2.39. The lowest BCUT2D eigenvalue weighted by atomic mass is 9.97. The van der Waals surface area contributed by atoms with Crippen molar-refractivity contribution in [2.45, 2.75) is 58.1 Å². The molecule has 0 aromatic heterocycles. The average Bonchev–Trinajstić information content (AvgIpc) is 3.20. The molecule has 0 radical (unpaired) electrons. The molecule has 0 heterocycles. The molecule has 1 unspecified atom stereocenters. The van der Waals surface area contributed by atoms with Gasteiger partial charge in [0, 0.05) is 12.1 Å². The summed E-state index contributed by atoms with van der Waals surface area (Å²) in [7, 11) is 0. The van der Waals surface area contributed by atoms with Gasteiger partial charge in [-0.05, 0) is 49.7 Å². The first-order chi connectivity index (χ1) is 8.90. The Bertz CT molecular complexity index is 404. The Morgan fingerprint density at radius 2 is 1.68 bits per heavy atom. The minimum atomic E-state index is -0.417. The van der Waals surface area contributed by atoms with E-state index in [-0.39, 0.29) is 5.54 Å². The number of nitrogens with one attached hydrogen (secondary N) is 1. The van der Waals surface area contributed by atoms with Gasteiger partial charge in [-0.2, -0.15) is 0 Å². The van der Waals surface area contributed by atoms with Gasteiger partial charge in [0.1, 0.15) is 0 Å². The fraction of sp³-hybridized carbons (Fsp3) is 0.647. The maximum atomic E-state index is 10.3. The van der Waals surface area contributed by atoms with Crippen LogP contribution in [0.15, 0.2) is 24.3 Å². The van der Waals surface area contributed by atoms with Crippen LogP contribution in [0.25, 0.3) is 0 Å². The van der Waals surface area contributed by atoms with Crippen LogP contribution < -0.4 is 5.32 Å². The van der Waals surface area contributed by atoms with Crippen LogP contribution in [0, 0.1) is 5.92 Å². The summed E-state index contributed by atoms with van der Waals surface area (Å²) in [6.07, 6.45) is 2.22. The molecule has 1 atom stereocenters. The van der Waals surface area contributed by atoms with Gasteiger partial charge in [0.2, 0.25) is 0 Å². The normalized spacial score (nSPS) is 17.8. The van der Waals surface area contributed by atoms with Crippen molar-refractivity contribution in [2.75, 3.05) is 6.54 Å². The maximum Gasteiger partial charge on any atom is 0.0914 e. The number of hydrogen-bond acceptors (Lipinski definition) is 2. The first kappa shape index (κ1) is 14.5. The van der Waals surface area contributed by atoms with E-state index in [1.54, 1.807) is 0 Å². The maximum absolute atomic E-state index is 10.3. The van der Waals surface area contributed by atoms with Crippen molar-refractivity contribution in [1.82, 2.24) is 5.32 Å². The predicted octanol–water partition coefficient (Wildman–Crippen LogP) is 3.62. The second-order valence-electron chi connectivity index (χ2n) is 6.71. The minimum absolute atomic E-state index is 0.152. The van der Waals surface area contributed by atoms with Gasteiger partial charge in [-0.15, -0.1) is 0 Å². The number of β-amino-alcohol motifs (C(OH)–C–C–N with tert-alkyl or cyclic N) is 1. The molecular weight excluding hydrogens is 234 g/mol. The Labute approximate surface area is 117 Å². The van der Waals surface area contributed by atoms with E-state index in [1.807, 2.05) is 12.1 Å². The van der Waals surface area contributed by atoms with Gasteiger partial charge in [0.15, 0.2) is 0 Å². The quantitative estimate of drug-likeness (QED) is 0.819. The molecule has 0 amide bonds. The smallest absolute Gasteiger partial charge is 0.0914 e. The number of hydrogen-bond donors (Lipinski definition) is 2. The van der Waals surface area contributed by atoms with Gasteiger partial charge in [-0.3, -0.25) is 0 Å². The number of benzene rings is 1. The largest absolute Gasteiger partial charge is 0.387 e. The van der Waals surface area contributed by atoms with Crippen LogP contribution in [0.2, 0.25) is 0 Å². The van der Waals surface area contributed by atoms with Crippen LogP contribution in [0.5, 0.6) is 0 Å². The van der Waals surface area contributed by atoms with E-state index in [4.69, 9.17) is 0 Å². The van der Waals surface area contributed by atoms with E-state index in [9.17, 15) is 5.11 Å². The third kappa shape index (κ3) is 3.80. The van der Waals surface area contributed by atoms with Crippen molar-refractivity contribution in [3.8, 4) is 0 Å². The molecule has 1 aromatic carbocycles. The molecule has 19 heavy (non-hydrogen) atoms. The predicted molar refractivity (Wildman–Crippen MR) is 80.3 cm³/mol. The molecule has 2 rings (SSSR count). The van der Waals surface area contributed by atoms with Gasteiger partial charge in [0.25, 0.3) is 0 Å². The minimum Gasteiger partial charge on any atom is -0.387 e. The molecule has 0 bridgehead atoms. The highest BCUT2D eigenvalue weighted by molar-refractivity contribution is 5.26.